The topological polar surface area (TPSA) is 89.5 Å². The molecular weight excluding hydrogens is 346 g/mol. The van der Waals surface area contributed by atoms with Crippen LogP contribution in [0.2, 0.25) is 0 Å². The standard InChI is InChI=1S/C21H17NO5/c1-13(2)18-10-20(23)27-19-9-16(7-8-17(18)19)26-21(24)12-25-15-5-3-14(11-22)4-6-15/h3-10,13H,12H2,1-2H3. The first-order chi connectivity index (χ1) is 13.0. The van der Waals surface area contributed by atoms with Crippen molar-refractivity contribution in [3.05, 3.63) is 70.1 Å². The Bertz CT molecular complexity index is 1070. The minimum atomic E-state index is -0.596. The number of fused-ring (bicyclic) bond motifs is 1. The molecule has 0 aliphatic heterocycles. The highest BCUT2D eigenvalue weighted by atomic mass is 16.6. The van der Waals surface area contributed by atoms with E-state index in [9.17, 15) is 9.59 Å². The Morgan fingerprint density at radius 2 is 1.81 bits per heavy atom. The van der Waals surface area contributed by atoms with Crippen LogP contribution in [0, 0.1) is 11.3 Å². The Labute approximate surface area is 155 Å². The van der Waals surface area contributed by atoms with Crippen molar-refractivity contribution in [2.45, 2.75) is 19.8 Å². The molecule has 1 heterocycles. The Morgan fingerprint density at radius 1 is 1.11 bits per heavy atom. The van der Waals surface area contributed by atoms with Gasteiger partial charge in [-0.25, -0.2) is 9.59 Å². The summed E-state index contributed by atoms with van der Waals surface area (Å²) in [7, 11) is 0. The van der Waals surface area contributed by atoms with E-state index in [0.29, 0.717) is 16.9 Å². The number of nitrogens with zero attached hydrogens (tertiary/aromatic N) is 1. The van der Waals surface area contributed by atoms with Crippen LogP contribution in [0.15, 0.2) is 57.7 Å². The van der Waals surface area contributed by atoms with Gasteiger partial charge in [-0.05, 0) is 47.9 Å². The van der Waals surface area contributed by atoms with E-state index >= 15 is 0 Å². The summed E-state index contributed by atoms with van der Waals surface area (Å²) in [6.07, 6.45) is 0. The summed E-state index contributed by atoms with van der Waals surface area (Å²) in [6, 6.07) is 14.8. The number of benzene rings is 2. The monoisotopic (exact) mass is 363 g/mol. The highest BCUT2D eigenvalue weighted by Gasteiger charge is 2.12. The second-order valence-corrected chi connectivity index (χ2v) is 6.23. The molecular formula is C21H17NO5. The highest BCUT2D eigenvalue weighted by Crippen LogP contribution is 2.27. The molecule has 0 radical (unpaired) electrons. The third kappa shape index (κ3) is 4.33. The molecule has 6 nitrogen and oxygen atoms in total. The molecule has 0 aliphatic rings. The third-order valence-electron chi connectivity index (χ3n) is 3.94. The van der Waals surface area contributed by atoms with Gasteiger partial charge in [0.25, 0.3) is 0 Å². The molecule has 136 valence electrons. The molecule has 0 N–H and O–H groups in total. The van der Waals surface area contributed by atoms with Gasteiger partial charge >= 0.3 is 11.6 Å². The minimum Gasteiger partial charge on any atom is -0.482 e. The van der Waals surface area contributed by atoms with Gasteiger partial charge in [0.1, 0.15) is 17.1 Å². The van der Waals surface area contributed by atoms with Crippen LogP contribution in [0.4, 0.5) is 0 Å². The quantitative estimate of drug-likeness (QED) is 0.389. The predicted molar refractivity (Wildman–Crippen MR) is 98.9 cm³/mol. The van der Waals surface area contributed by atoms with Crippen molar-refractivity contribution in [2.75, 3.05) is 6.61 Å². The molecule has 3 rings (SSSR count). The van der Waals surface area contributed by atoms with Crippen LogP contribution in [0.25, 0.3) is 11.0 Å². The van der Waals surface area contributed by atoms with E-state index in [1.54, 1.807) is 36.4 Å². The first kappa shape index (κ1) is 18.2. The maximum atomic E-state index is 12.0. The fourth-order valence-electron chi connectivity index (χ4n) is 2.64. The molecule has 0 bridgehead atoms. The van der Waals surface area contributed by atoms with Gasteiger partial charge < -0.3 is 13.9 Å². The summed E-state index contributed by atoms with van der Waals surface area (Å²) in [5.74, 6) is 0.281. The second-order valence-electron chi connectivity index (χ2n) is 6.23. The average molecular weight is 363 g/mol. The van der Waals surface area contributed by atoms with Crippen LogP contribution in [0.1, 0.15) is 30.9 Å². The van der Waals surface area contributed by atoms with Crippen LogP contribution in [0.5, 0.6) is 11.5 Å². The lowest BCUT2D eigenvalue weighted by Gasteiger charge is -2.10. The zero-order chi connectivity index (χ0) is 19.4. The average Bonchev–Trinajstić information content (AvgIpc) is 2.65. The molecule has 0 saturated heterocycles. The van der Waals surface area contributed by atoms with E-state index in [0.717, 1.165) is 10.9 Å². The smallest absolute Gasteiger partial charge is 0.349 e. The van der Waals surface area contributed by atoms with E-state index in [2.05, 4.69) is 0 Å². The Morgan fingerprint density at radius 3 is 2.48 bits per heavy atom. The number of carbonyl (C=O) groups excluding carboxylic acids is 1. The van der Waals surface area contributed by atoms with Gasteiger partial charge in [-0.2, -0.15) is 5.26 Å². The summed E-state index contributed by atoms with van der Waals surface area (Å²) in [4.78, 5) is 23.7. The van der Waals surface area contributed by atoms with Crippen molar-refractivity contribution >= 4 is 16.9 Å². The van der Waals surface area contributed by atoms with Crippen LogP contribution in [-0.2, 0) is 4.79 Å². The van der Waals surface area contributed by atoms with Crippen molar-refractivity contribution in [3.8, 4) is 17.6 Å². The molecule has 0 unspecified atom stereocenters. The lowest BCUT2D eigenvalue weighted by atomic mass is 10.00. The van der Waals surface area contributed by atoms with Gasteiger partial charge in [0, 0.05) is 17.5 Å². The van der Waals surface area contributed by atoms with Gasteiger partial charge in [0.05, 0.1) is 11.6 Å². The van der Waals surface area contributed by atoms with Crippen LogP contribution >= 0.6 is 0 Å². The first-order valence-corrected chi connectivity index (χ1v) is 8.37. The third-order valence-corrected chi connectivity index (χ3v) is 3.94. The molecule has 0 amide bonds. The Balaban J connectivity index is 1.71. The molecule has 0 spiro atoms. The van der Waals surface area contributed by atoms with E-state index in [-0.39, 0.29) is 18.3 Å². The number of nitriles is 1. The molecule has 0 fully saturated rings. The lowest BCUT2D eigenvalue weighted by Crippen LogP contribution is -2.17. The Hall–Kier alpha value is -3.59. The number of carbonyl (C=O) groups is 1. The fourth-order valence-corrected chi connectivity index (χ4v) is 2.64. The summed E-state index contributed by atoms with van der Waals surface area (Å²) < 4.78 is 15.8. The van der Waals surface area contributed by atoms with Gasteiger partial charge in [0.15, 0.2) is 6.61 Å². The van der Waals surface area contributed by atoms with Gasteiger partial charge in [-0.15, -0.1) is 0 Å². The highest BCUT2D eigenvalue weighted by molar-refractivity contribution is 5.83. The van der Waals surface area contributed by atoms with E-state index in [1.807, 2.05) is 19.9 Å². The zero-order valence-electron chi connectivity index (χ0n) is 14.9. The van der Waals surface area contributed by atoms with E-state index in [1.165, 1.54) is 12.1 Å². The largest absolute Gasteiger partial charge is 0.482 e. The van der Waals surface area contributed by atoms with Crippen molar-refractivity contribution in [1.29, 1.82) is 5.26 Å². The van der Waals surface area contributed by atoms with E-state index in [4.69, 9.17) is 19.2 Å². The lowest BCUT2D eigenvalue weighted by molar-refractivity contribution is -0.136. The van der Waals surface area contributed by atoms with Gasteiger partial charge in [0.2, 0.25) is 0 Å². The molecule has 0 aliphatic carbocycles. The fraction of sp³-hybridized carbons (Fsp3) is 0.190. The summed E-state index contributed by atoms with van der Waals surface area (Å²) >= 11 is 0. The first-order valence-electron chi connectivity index (χ1n) is 8.37. The number of rotatable bonds is 5. The van der Waals surface area contributed by atoms with E-state index < -0.39 is 11.6 Å². The minimum absolute atomic E-state index is 0.158. The van der Waals surface area contributed by atoms with Crippen molar-refractivity contribution in [2.24, 2.45) is 0 Å². The molecule has 0 saturated carbocycles. The van der Waals surface area contributed by atoms with Crippen LogP contribution < -0.4 is 15.1 Å². The number of hydrogen-bond acceptors (Lipinski definition) is 6. The molecule has 6 heteroatoms. The van der Waals surface area contributed by atoms with Gasteiger partial charge in [-0.3, -0.25) is 0 Å². The summed E-state index contributed by atoms with van der Waals surface area (Å²) in [5.41, 5.74) is 1.30. The molecule has 3 aromatic rings. The maximum Gasteiger partial charge on any atom is 0.349 e. The summed E-state index contributed by atoms with van der Waals surface area (Å²) in [5, 5.41) is 9.56. The second kappa shape index (κ2) is 7.75. The van der Waals surface area contributed by atoms with Gasteiger partial charge in [-0.1, -0.05) is 13.8 Å². The van der Waals surface area contributed by atoms with Crippen molar-refractivity contribution < 1.29 is 18.7 Å². The van der Waals surface area contributed by atoms with Crippen molar-refractivity contribution in [3.63, 3.8) is 0 Å². The number of hydrogen-bond donors (Lipinski definition) is 0. The van der Waals surface area contributed by atoms with Crippen molar-refractivity contribution in [1.82, 2.24) is 0 Å². The number of ether oxygens (including phenoxy) is 2. The normalized spacial score (nSPS) is 10.6. The SMILES string of the molecule is CC(C)c1cc(=O)oc2cc(OC(=O)COc3ccc(C#N)cc3)ccc12. The molecule has 2 aromatic carbocycles. The van der Waals surface area contributed by atoms with Crippen LogP contribution in [-0.4, -0.2) is 12.6 Å². The van der Waals surface area contributed by atoms with Crippen LogP contribution in [0.3, 0.4) is 0 Å². The number of esters is 1. The predicted octanol–water partition coefficient (Wildman–Crippen LogP) is 3.77. The zero-order valence-corrected chi connectivity index (χ0v) is 14.9. The molecule has 1 aromatic heterocycles. The molecule has 0 atom stereocenters. The Kier molecular flexibility index (Phi) is 5.23. The molecule has 27 heavy (non-hydrogen) atoms. The maximum absolute atomic E-state index is 12.0. The summed E-state index contributed by atoms with van der Waals surface area (Å²) in [6.45, 7) is 3.69.